The van der Waals surface area contributed by atoms with Gasteiger partial charge in [0, 0.05) is 6.42 Å². The fourth-order valence-electron chi connectivity index (χ4n) is 2.31. The Balaban J connectivity index is 2.00. The lowest BCUT2D eigenvalue weighted by molar-refractivity contribution is -0.115. The average Bonchev–Trinajstić information content (AvgIpc) is 2.72. The zero-order valence-electron chi connectivity index (χ0n) is 12.8. The van der Waals surface area contributed by atoms with Gasteiger partial charge in [0.25, 0.3) is 0 Å². The molecule has 1 aliphatic rings. The molecule has 0 aromatic heterocycles. The van der Waals surface area contributed by atoms with Gasteiger partial charge in [0.05, 0.1) is 27.9 Å². The molecule has 5 heteroatoms. The van der Waals surface area contributed by atoms with E-state index in [1.54, 1.807) is 0 Å². The second kappa shape index (κ2) is 6.79. The highest BCUT2D eigenvalue weighted by Crippen LogP contribution is 2.33. The van der Waals surface area contributed by atoms with Gasteiger partial charge in [-0.3, -0.25) is 9.79 Å². The molecule has 116 valence electrons. The van der Waals surface area contributed by atoms with Crippen molar-refractivity contribution in [1.82, 2.24) is 0 Å². The van der Waals surface area contributed by atoms with E-state index in [0.29, 0.717) is 6.42 Å². The smallest absolute Gasteiger partial charge is 0.227 e. The van der Waals surface area contributed by atoms with Gasteiger partial charge in [-0.25, -0.2) is 4.99 Å². The molecule has 0 fully saturated rings. The number of fused-ring (bicyclic) bond motifs is 1. The van der Waals surface area contributed by atoms with Crippen molar-refractivity contribution in [2.75, 3.05) is 5.75 Å². The quantitative estimate of drug-likeness (QED) is 0.934. The first-order chi connectivity index (χ1) is 11.1. The number of nitrogens with two attached hydrogens (primary N) is 1. The molecule has 1 heterocycles. The zero-order chi connectivity index (χ0) is 16.2. The number of hydrogen-bond donors (Lipinski definition) is 1. The van der Waals surface area contributed by atoms with Crippen LogP contribution in [0.1, 0.15) is 17.5 Å². The van der Waals surface area contributed by atoms with Gasteiger partial charge >= 0.3 is 0 Å². The Morgan fingerprint density at radius 3 is 2.39 bits per heavy atom. The fourth-order valence-corrected chi connectivity index (χ4v) is 3.02. The molecule has 0 unspecified atom stereocenters. The maximum atomic E-state index is 11.1. The molecule has 0 saturated heterocycles. The van der Waals surface area contributed by atoms with Crippen LogP contribution in [0.5, 0.6) is 0 Å². The first-order valence-electron chi connectivity index (χ1n) is 7.34. The third-order valence-corrected chi connectivity index (χ3v) is 4.46. The molecule has 23 heavy (non-hydrogen) atoms. The van der Waals surface area contributed by atoms with E-state index >= 15 is 0 Å². The number of aryl methyl sites for hydroxylation is 1. The number of rotatable bonds is 3. The summed E-state index contributed by atoms with van der Waals surface area (Å²) in [6, 6.07) is 16.1. The molecular formula is C18H17N3OS. The number of nitrogens with zero attached hydrogens (tertiary/aromatic N) is 2. The number of primary amides is 1. The number of carbonyl (C=O) groups is 1. The third kappa shape index (κ3) is 3.87. The van der Waals surface area contributed by atoms with Crippen LogP contribution in [0.15, 0.2) is 58.5 Å². The van der Waals surface area contributed by atoms with E-state index in [4.69, 9.17) is 10.7 Å². The average molecular weight is 323 g/mol. The predicted octanol–water partition coefficient (Wildman–Crippen LogP) is 3.77. The van der Waals surface area contributed by atoms with Gasteiger partial charge in [-0.15, -0.1) is 11.8 Å². The summed E-state index contributed by atoms with van der Waals surface area (Å²) in [5.41, 5.74) is 10.2. The highest BCUT2D eigenvalue weighted by atomic mass is 32.2. The van der Waals surface area contributed by atoms with Crippen molar-refractivity contribution in [1.29, 1.82) is 0 Å². The van der Waals surface area contributed by atoms with E-state index < -0.39 is 0 Å². The third-order valence-electron chi connectivity index (χ3n) is 3.47. The number of carbonyl (C=O) groups excluding carboxylic acids is 1. The number of thioether (sulfide) groups is 1. The van der Waals surface area contributed by atoms with Crippen LogP contribution in [-0.4, -0.2) is 22.4 Å². The van der Waals surface area contributed by atoms with Gasteiger partial charge in [-0.05, 0) is 24.6 Å². The topological polar surface area (TPSA) is 67.8 Å². The second-order valence-electron chi connectivity index (χ2n) is 5.35. The van der Waals surface area contributed by atoms with E-state index in [2.05, 4.69) is 36.2 Å². The molecule has 1 aliphatic heterocycles. The van der Waals surface area contributed by atoms with E-state index in [1.165, 1.54) is 17.3 Å². The summed E-state index contributed by atoms with van der Waals surface area (Å²) in [6.45, 7) is 2.06. The van der Waals surface area contributed by atoms with Crippen LogP contribution in [0.25, 0.3) is 0 Å². The molecule has 1 amide bonds. The molecule has 2 N–H and O–H groups in total. The Morgan fingerprint density at radius 1 is 1.09 bits per heavy atom. The summed E-state index contributed by atoms with van der Waals surface area (Å²) in [5, 5.41) is 0.855. The van der Waals surface area contributed by atoms with Crippen LogP contribution in [-0.2, 0) is 4.79 Å². The minimum absolute atomic E-state index is 0.224. The van der Waals surface area contributed by atoms with Crippen LogP contribution >= 0.6 is 11.8 Å². The Kier molecular flexibility index (Phi) is 4.57. The summed E-state index contributed by atoms with van der Waals surface area (Å²) in [5.74, 6) is -0.119. The highest BCUT2D eigenvalue weighted by molar-refractivity contribution is 8.14. The SMILES string of the molecule is Cc1ccc(C2=Nc3ccccc3N=C(SCC(N)=O)C2)cc1. The lowest BCUT2D eigenvalue weighted by atomic mass is 10.1. The Hall–Kier alpha value is -2.40. The van der Waals surface area contributed by atoms with Crippen LogP contribution in [0.4, 0.5) is 11.4 Å². The lowest BCUT2D eigenvalue weighted by Gasteiger charge is -2.07. The van der Waals surface area contributed by atoms with Crippen LogP contribution in [0, 0.1) is 6.92 Å². The van der Waals surface area contributed by atoms with Crippen LogP contribution in [0.3, 0.4) is 0 Å². The van der Waals surface area contributed by atoms with Gasteiger partial charge in [0.1, 0.15) is 0 Å². The zero-order valence-corrected chi connectivity index (χ0v) is 13.6. The standard InChI is InChI=1S/C18H17N3OS/c1-12-6-8-13(9-7-12)16-10-18(23-11-17(19)22)21-15-5-3-2-4-14(15)20-16/h2-9H,10-11H2,1H3,(H2,19,22). The number of aliphatic imine (C=N–C) groups is 2. The van der Waals surface area contributed by atoms with Gasteiger partial charge in [0.2, 0.25) is 5.91 Å². The van der Waals surface area contributed by atoms with Crippen molar-refractivity contribution in [3.63, 3.8) is 0 Å². The Bertz CT molecular complexity index is 794. The minimum atomic E-state index is -0.343. The summed E-state index contributed by atoms with van der Waals surface area (Å²) in [4.78, 5) is 20.5. The van der Waals surface area contributed by atoms with Gasteiger partial charge in [0.15, 0.2) is 0 Å². The minimum Gasteiger partial charge on any atom is -0.369 e. The van der Waals surface area contributed by atoms with Crippen LogP contribution < -0.4 is 5.73 Å². The normalized spacial score (nSPS) is 13.6. The molecule has 2 aromatic rings. The Morgan fingerprint density at radius 2 is 1.74 bits per heavy atom. The number of amides is 1. The molecule has 0 saturated carbocycles. The van der Waals surface area contributed by atoms with E-state index in [9.17, 15) is 4.79 Å². The molecule has 0 bridgehead atoms. The number of hydrogen-bond acceptors (Lipinski definition) is 4. The molecule has 0 spiro atoms. The number of para-hydroxylation sites is 2. The molecule has 3 rings (SSSR count). The summed E-state index contributed by atoms with van der Waals surface area (Å²) in [7, 11) is 0. The highest BCUT2D eigenvalue weighted by Gasteiger charge is 2.15. The molecule has 0 radical (unpaired) electrons. The van der Waals surface area contributed by atoms with Crippen molar-refractivity contribution in [2.45, 2.75) is 13.3 Å². The number of benzene rings is 2. The fraction of sp³-hybridized carbons (Fsp3) is 0.167. The molecule has 0 aliphatic carbocycles. The summed E-state index contributed by atoms with van der Waals surface area (Å²) >= 11 is 1.38. The monoisotopic (exact) mass is 323 g/mol. The molecule has 0 atom stereocenters. The predicted molar refractivity (Wildman–Crippen MR) is 97.2 cm³/mol. The Labute approximate surface area is 139 Å². The second-order valence-corrected chi connectivity index (χ2v) is 6.40. The van der Waals surface area contributed by atoms with Crippen molar-refractivity contribution in [3.8, 4) is 0 Å². The maximum Gasteiger partial charge on any atom is 0.227 e. The van der Waals surface area contributed by atoms with Crippen molar-refractivity contribution < 1.29 is 4.79 Å². The van der Waals surface area contributed by atoms with E-state index in [-0.39, 0.29) is 11.7 Å². The van der Waals surface area contributed by atoms with Crippen molar-refractivity contribution in [3.05, 3.63) is 59.7 Å². The first-order valence-corrected chi connectivity index (χ1v) is 8.33. The van der Waals surface area contributed by atoms with Gasteiger partial charge < -0.3 is 5.73 Å². The van der Waals surface area contributed by atoms with Gasteiger partial charge in [-0.1, -0.05) is 42.0 Å². The van der Waals surface area contributed by atoms with Crippen molar-refractivity contribution >= 4 is 39.8 Å². The molecular weight excluding hydrogens is 306 g/mol. The van der Waals surface area contributed by atoms with Crippen LogP contribution in [0.2, 0.25) is 0 Å². The summed E-state index contributed by atoms with van der Waals surface area (Å²) < 4.78 is 0. The van der Waals surface area contributed by atoms with E-state index in [0.717, 1.165) is 27.7 Å². The summed E-state index contributed by atoms with van der Waals surface area (Å²) in [6.07, 6.45) is 0.593. The van der Waals surface area contributed by atoms with E-state index in [1.807, 2.05) is 24.3 Å². The maximum absolute atomic E-state index is 11.1. The van der Waals surface area contributed by atoms with Gasteiger partial charge in [-0.2, -0.15) is 0 Å². The van der Waals surface area contributed by atoms with Crippen molar-refractivity contribution in [2.24, 2.45) is 15.7 Å². The molecule has 4 nitrogen and oxygen atoms in total. The first kappa shape index (κ1) is 15.5. The largest absolute Gasteiger partial charge is 0.369 e. The lowest BCUT2D eigenvalue weighted by Crippen LogP contribution is -2.15. The molecule has 2 aromatic carbocycles.